The number of thiazole rings is 1. The number of aromatic nitrogens is 1. The highest BCUT2D eigenvalue weighted by Crippen LogP contribution is 2.26. The van der Waals surface area contributed by atoms with Gasteiger partial charge in [-0.15, -0.1) is 0 Å². The van der Waals surface area contributed by atoms with Gasteiger partial charge in [-0.25, -0.2) is 10.8 Å². The molecule has 4 nitrogen and oxygen atoms in total. The second kappa shape index (κ2) is 4.57. The summed E-state index contributed by atoms with van der Waals surface area (Å²) in [6.07, 6.45) is 0. The molecule has 0 fully saturated rings. The van der Waals surface area contributed by atoms with Crippen molar-refractivity contribution in [2.45, 2.75) is 0 Å². The Morgan fingerprint density at radius 1 is 1.47 bits per heavy atom. The van der Waals surface area contributed by atoms with Crippen molar-refractivity contribution in [1.29, 1.82) is 0 Å². The fraction of sp³-hybridized carbons (Fsp3) is 0.300. The molecule has 0 amide bonds. The molecule has 2 N–H and O–H groups in total. The Kier molecular flexibility index (Phi) is 3.15. The third-order valence-electron chi connectivity index (χ3n) is 2.06. The van der Waals surface area contributed by atoms with Gasteiger partial charge in [0.25, 0.3) is 0 Å². The second-order valence-corrected chi connectivity index (χ2v) is 4.16. The van der Waals surface area contributed by atoms with E-state index in [9.17, 15) is 0 Å². The SMILES string of the molecule is COCCN(N)c1nc2ccccc2s1. The Labute approximate surface area is 92.3 Å². The first-order chi connectivity index (χ1) is 7.31. The van der Waals surface area contributed by atoms with Gasteiger partial charge in [-0.2, -0.15) is 0 Å². The fourth-order valence-corrected chi connectivity index (χ4v) is 2.18. The average molecular weight is 223 g/mol. The quantitative estimate of drug-likeness (QED) is 0.632. The molecule has 2 aromatic rings. The lowest BCUT2D eigenvalue weighted by Crippen LogP contribution is -2.33. The van der Waals surface area contributed by atoms with Crippen molar-refractivity contribution >= 4 is 26.7 Å². The van der Waals surface area contributed by atoms with Gasteiger partial charge in [0.05, 0.1) is 23.4 Å². The van der Waals surface area contributed by atoms with Crippen LogP contribution in [0.4, 0.5) is 5.13 Å². The van der Waals surface area contributed by atoms with Crippen molar-refractivity contribution in [3.63, 3.8) is 0 Å². The molecule has 0 aliphatic heterocycles. The summed E-state index contributed by atoms with van der Waals surface area (Å²) in [5, 5.41) is 2.45. The Hall–Kier alpha value is -1.17. The molecule has 0 radical (unpaired) electrons. The molecular weight excluding hydrogens is 210 g/mol. The van der Waals surface area contributed by atoms with Gasteiger partial charge in [0, 0.05) is 7.11 Å². The molecule has 0 unspecified atom stereocenters. The van der Waals surface area contributed by atoms with Crippen molar-refractivity contribution in [2.24, 2.45) is 5.84 Å². The van der Waals surface area contributed by atoms with Crippen LogP contribution >= 0.6 is 11.3 Å². The van der Waals surface area contributed by atoms with Crippen LogP contribution in [0.25, 0.3) is 10.2 Å². The molecule has 0 aliphatic carbocycles. The highest BCUT2D eigenvalue weighted by atomic mass is 32.1. The number of methoxy groups -OCH3 is 1. The predicted molar refractivity (Wildman–Crippen MR) is 63.0 cm³/mol. The Balaban J connectivity index is 2.20. The number of nitrogens with two attached hydrogens (primary N) is 1. The summed E-state index contributed by atoms with van der Waals surface area (Å²) in [7, 11) is 1.66. The summed E-state index contributed by atoms with van der Waals surface area (Å²) in [4.78, 5) is 4.43. The number of fused-ring (bicyclic) bond motifs is 1. The lowest BCUT2D eigenvalue weighted by molar-refractivity contribution is 0.205. The molecular formula is C10H13N3OS. The minimum Gasteiger partial charge on any atom is -0.383 e. The summed E-state index contributed by atoms with van der Waals surface area (Å²) >= 11 is 1.59. The molecule has 0 atom stereocenters. The van der Waals surface area contributed by atoms with Crippen LogP contribution in [-0.2, 0) is 4.74 Å². The zero-order chi connectivity index (χ0) is 10.7. The van der Waals surface area contributed by atoms with Gasteiger partial charge in [-0.3, -0.25) is 5.01 Å². The van der Waals surface area contributed by atoms with E-state index in [0.717, 1.165) is 15.3 Å². The molecule has 0 saturated heterocycles. The third-order valence-corrected chi connectivity index (χ3v) is 3.14. The Morgan fingerprint density at radius 3 is 3.00 bits per heavy atom. The van der Waals surface area contributed by atoms with E-state index in [4.69, 9.17) is 10.6 Å². The molecule has 80 valence electrons. The first-order valence-electron chi connectivity index (χ1n) is 4.68. The van der Waals surface area contributed by atoms with Crippen molar-refractivity contribution < 1.29 is 4.74 Å². The normalized spacial score (nSPS) is 10.8. The van der Waals surface area contributed by atoms with Crippen LogP contribution in [0.5, 0.6) is 0 Å². The number of nitrogens with zero attached hydrogens (tertiary/aromatic N) is 2. The van der Waals surface area contributed by atoms with E-state index in [1.807, 2.05) is 24.3 Å². The van der Waals surface area contributed by atoms with Gasteiger partial charge in [-0.05, 0) is 12.1 Å². The van der Waals surface area contributed by atoms with Crippen LogP contribution in [0.1, 0.15) is 0 Å². The lowest BCUT2D eigenvalue weighted by Gasteiger charge is -2.13. The molecule has 0 saturated carbocycles. The first-order valence-corrected chi connectivity index (χ1v) is 5.49. The lowest BCUT2D eigenvalue weighted by atomic mass is 10.3. The van der Waals surface area contributed by atoms with Crippen molar-refractivity contribution in [2.75, 3.05) is 25.3 Å². The highest BCUT2D eigenvalue weighted by Gasteiger charge is 2.07. The number of ether oxygens (including phenoxy) is 1. The molecule has 1 aromatic carbocycles. The van der Waals surface area contributed by atoms with Gasteiger partial charge in [0.1, 0.15) is 0 Å². The molecule has 5 heteroatoms. The van der Waals surface area contributed by atoms with Gasteiger partial charge < -0.3 is 4.74 Å². The Bertz CT molecular complexity index is 410. The smallest absolute Gasteiger partial charge is 0.200 e. The maximum atomic E-state index is 5.85. The Morgan fingerprint density at radius 2 is 2.27 bits per heavy atom. The zero-order valence-electron chi connectivity index (χ0n) is 8.51. The minimum atomic E-state index is 0.604. The largest absolute Gasteiger partial charge is 0.383 e. The second-order valence-electron chi connectivity index (χ2n) is 3.15. The van der Waals surface area contributed by atoms with E-state index in [1.54, 1.807) is 23.5 Å². The number of hydrogen-bond acceptors (Lipinski definition) is 5. The molecule has 0 aliphatic rings. The summed E-state index contributed by atoms with van der Waals surface area (Å²) in [5.74, 6) is 5.85. The first kappa shape index (κ1) is 10.4. The van der Waals surface area contributed by atoms with Crippen LogP contribution in [0.15, 0.2) is 24.3 Å². The van der Waals surface area contributed by atoms with E-state index in [2.05, 4.69) is 4.98 Å². The van der Waals surface area contributed by atoms with Crippen LogP contribution in [0.2, 0.25) is 0 Å². The number of para-hydroxylation sites is 1. The van der Waals surface area contributed by atoms with E-state index in [0.29, 0.717) is 13.2 Å². The maximum Gasteiger partial charge on any atom is 0.200 e. The minimum absolute atomic E-state index is 0.604. The van der Waals surface area contributed by atoms with E-state index >= 15 is 0 Å². The molecule has 0 spiro atoms. The number of benzene rings is 1. The van der Waals surface area contributed by atoms with Crippen LogP contribution in [0, 0.1) is 0 Å². The van der Waals surface area contributed by atoms with E-state index in [-0.39, 0.29) is 0 Å². The highest BCUT2D eigenvalue weighted by molar-refractivity contribution is 7.22. The molecule has 1 aromatic heterocycles. The van der Waals surface area contributed by atoms with E-state index in [1.165, 1.54) is 0 Å². The van der Waals surface area contributed by atoms with Crippen molar-refractivity contribution in [3.8, 4) is 0 Å². The summed E-state index contributed by atoms with van der Waals surface area (Å²) in [6.45, 7) is 1.25. The van der Waals surface area contributed by atoms with Crippen molar-refractivity contribution in [1.82, 2.24) is 4.98 Å². The van der Waals surface area contributed by atoms with Crippen LogP contribution in [-0.4, -0.2) is 25.2 Å². The standard InChI is InChI=1S/C10H13N3OS/c1-14-7-6-13(11)10-12-8-4-2-3-5-9(8)15-10/h2-5H,6-7,11H2,1H3. The maximum absolute atomic E-state index is 5.85. The van der Waals surface area contributed by atoms with Gasteiger partial charge in [0.15, 0.2) is 0 Å². The number of rotatable bonds is 4. The summed E-state index contributed by atoms with van der Waals surface area (Å²) in [5.41, 5.74) is 0.991. The van der Waals surface area contributed by atoms with Crippen molar-refractivity contribution in [3.05, 3.63) is 24.3 Å². The molecule has 2 rings (SSSR count). The number of hydrogen-bond donors (Lipinski definition) is 1. The molecule has 1 heterocycles. The van der Waals surface area contributed by atoms with E-state index < -0.39 is 0 Å². The fourth-order valence-electron chi connectivity index (χ4n) is 1.27. The van der Waals surface area contributed by atoms with Gasteiger partial charge in [-0.1, -0.05) is 23.5 Å². The third kappa shape index (κ3) is 2.26. The van der Waals surface area contributed by atoms with Gasteiger partial charge in [0.2, 0.25) is 5.13 Å². The topological polar surface area (TPSA) is 51.4 Å². The summed E-state index contributed by atoms with van der Waals surface area (Å²) in [6, 6.07) is 8.00. The summed E-state index contributed by atoms with van der Waals surface area (Å²) < 4.78 is 6.12. The van der Waals surface area contributed by atoms with Gasteiger partial charge >= 0.3 is 0 Å². The zero-order valence-corrected chi connectivity index (χ0v) is 9.33. The number of anilines is 1. The average Bonchev–Trinajstić information content (AvgIpc) is 2.69. The van der Waals surface area contributed by atoms with Crippen LogP contribution in [0.3, 0.4) is 0 Å². The number of hydrazine groups is 1. The van der Waals surface area contributed by atoms with Crippen LogP contribution < -0.4 is 10.9 Å². The molecule has 15 heavy (non-hydrogen) atoms. The molecule has 0 bridgehead atoms. The monoisotopic (exact) mass is 223 g/mol. The predicted octanol–water partition coefficient (Wildman–Crippen LogP) is 1.62.